The first-order chi connectivity index (χ1) is 17.8. The Hall–Kier alpha value is -3.49. The number of hydrogen-bond donors (Lipinski definition) is 2. The average Bonchev–Trinajstić information content (AvgIpc) is 3.42. The largest absolute Gasteiger partial charge is 0.490 e. The predicted octanol–water partition coefficient (Wildman–Crippen LogP) is 4.98. The molecule has 2 aromatic carbocycles. The quantitative estimate of drug-likeness (QED) is 0.343. The van der Waals surface area contributed by atoms with E-state index in [1.54, 1.807) is 12.1 Å². The molecular weight excluding hydrogens is 482 g/mol. The fraction of sp³-hybridized carbons (Fsp3) is 0.464. The number of carbonyl (C=O) groups excluding carboxylic acids is 2. The van der Waals surface area contributed by atoms with Gasteiger partial charge in [-0.15, -0.1) is 0 Å². The molecule has 7 nitrogen and oxygen atoms in total. The van der Waals surface area contributed by atoms with Crippen molar-refractivity contribution in [2.75, 3.05) is 24.5 Å². The molecule has 1 saturated heterocycles. The lowest BCUT2D eigenvalue weighted by atomic mass is 9.87. The van der Waals surface area contributed by atoms with Crippen molar-refractivity contribution in [3.8, 4) is 5.75 Å². The summed E-state index contributed by atoms with van der Waals surface area (Å²) in [5.74, 6) is -4.23. The maximum atomic E-state index is 14.6. The molecular formula is C28H32F2N2O5. The summed E-state index contributed by atoms with van der Waals surface area (Å²) in [6.07, 6.45) is 3.99. The molecule has 0 unspecified atom stereocenters. The first kappa shape index (κ1) is 26.6. The summed E-state index contributed by atoms with van der Waals surface area (Å²) >= 11 is 0. The second-order valence-electron chi connectivity index (χ2n) is 9.72. The van der Waals surface area contributed by atoms with E-state index in [0.29, 0.717) is 31.2 Å². The maximum absolute atomic E-state index is 14.6. The van der Waals surface area contributed by atoms with Gasteiger partial charge in [-0.2, -0.15) is 0 Å². The summed E-state index contributed by atoms with van der Waals surface area (Å²) in [4.78, 5) is 38.2. The zero-order valence-electron chi connectivity index (χ0n) is 20.7. The van der Waals surface area contributed by atoms with Crippen molar-refractivity contribution in [3.63, 3.8) is 0 Å². The molecule has 198 valence electrons. The predicted molar refractivity (Wildman–Crippen MR) is 134 cm³/mol. The molecule has 0 atom stereocenters. The standard InChI is InChI=1S/C28H32F2N2O5/c29-23-16-22(37-21-11-7-19(8-12-21)28(35)36)17-24(30)26(23)25(33)4-3-13-31-27(34)18-5-9-20(10-6-18)32-14-1-2-15-32/h5-6,9-10,16-17,19,21H,1-4,7-8,11-15H2,(H,31,34)(H,35,36). The minimum absolute atomic E-state index is 0.0201. The number of aliphatic carboxylic acids is 1. The van der Waals surface area contributed by atoms with Crippen LogP contribution < -0.4 is 15.0 Å². The van der Waals surface area contributed by atoms with Crippen LogP contribution in [0.15, 0.2) is 36.4 Å². The van der Waals surface area contributed by atoms with Gasteiger partial charge in [-0.1, -0.05) is 0 Å². The molecule has 37 heavy (non-hydrogen) atoms. The smallest absolute Gasteiger partial charge is 0.306 e. The second-order valence-corrected chi connectivity index (χ2v) is 9.72. The van der Waals surface area contributed by atoms with Gasteiger partial charge in [0.2, 0.25) is 0 Å². The van der Waals surface area contributed by atoms with E-state index in [9.17, 15) is 23.2 Å². The molecule has 2 aliphatic rings. The third-order valence-electron chi connectivity index (χ3n) is 7.09. The number of benzene rings is 2. The van der Waals surface area contributed by atoms with Crippen molar-refractivity contribution in [1.82, 2.24) is 5.32 Å². The molecule has 0 spiro atoms. The van der Waals surface area contributed by atoms with Gasteiger partial charge in [-0.25, -0.2) is 8.78 Å². The fourth-order valence-electron chi connectivity index (χ4n) is 4.98. The van der Waals surface area contributed by atoms with E-state index >= 15 is 0 Å². The molecule has 0 radical (unpaired) electrons. The zero-order chi connectivity index (χ0) is 26.4. The van der Waals surface area contributed by atoms with Crippen molar-refractivity contribution in [3.05, 3.63) is 59.2 Å². The van der Waals surface area contributed by atoms with E-state index in [1.807, 2.05) is 12.1 Å². The Morgan fingerprint density at radius 2 is 1.59 bits per heavy atom. The second kappa shape index (κ2) is 12.2. The van der Waals surface area contributed by atoms with Crippen LogP contribution in [0.25, 0.3) is 0 Å². The van der Waals surface area contributed by atoms with Crippen LogP contribution in [0.2, 0.25) is 0 Å². The summed E-state index contributed by atoms with van der Waals surface area (Å²) in [6, 6.07) is 9.36. The molecule has 2 aromatic rings. The van der Waals surface area contributed by atoms with E-state index in [2.05, 4.69) is 10.2 Å². The molecule has 0 bridgehead atoms. The van der Waals surface area contributed by atoms with Gasteiger partial charge in [-0.05, 0) is 69.2 Å². The number of ketones is 1. The van der Waals surface area contributed by atoms with Crippen molar-refractivity contribution in [2.45, 2.75) is 57.5 Å². The number of hydrogen-bond acceptors (Lipinski definition) is 5. The molecule has 1 aliphatic carbocycles. The maximum Gasteiger partial charge on any atom is 0.306 e. The van der Waals surface area contributed by atoms with E-state index in [-0.39, 0.29) is 37.1 Å². The van der Waals surface area contributed by atoms with Crippen LogP contribution in [-0.2, 0) is 4.79 Å². The van der Waals surface area contributed by atoms with Crippen LogP contribution in [0.5, 0.6) is 5.75 Å². The van der Waals surface area contributed by atoms with Gasteiger partial charge in [0.15, 0.2) is 5.78 Å². The lowest BCUT2D eigenvalue weighted by molar-refractivity contribution is -0.143. The summed E-state index contributed by atoms with van der Waals surface area (Å²) in [6.45, 7) is 2.24. The number of carboxylic acid groups (broad SMARTS) is 1. The Kier molecular flexibility index (Phi) is 8.74. The van der Waals surface area contributed by atoms with E-state index in [4.69, 9.17) is 9.84 Å². The molecule has 9 heteroatoms. The van der Waals surface area contributed by atoms with E-state index in [1.165, 1.54) is 12.8 Å². The monoisotopic (exact) mass is 514 g/mol. The normalized spacial score (nSPS) is 19.5. The SMILES string of the molecule is O=C(NCCCC(=O)c1c(F)cc(OC2CCC(C(=O)O)CC2)cc1F)c1ccc(N2CCCC2)cc1. The Morgan fingerprint density at radius 3 is 2.19 bits per heavy atom. The Labute approximate surface area is 214 Å². The molecule has 2 fully saturated rings. The molecule has 1 amide bonds. The molecule has 1 aliphatic heterocycles. The van der Waals surface area contributed by atoms with Crippen LogP contribution in [0.3, 0.4) is 0 Å². The summed E-state index contributed by atoms with van der Waals surface area (Å²) in [5, 5.41) is 11.8. The van der Waals surface area contributed by atoms with Gasteiger partial charge in [0.25, 0.3) is 5.91 Å². The van der Waals surface area contributed by atoms with Gasteiger partial charge >= 0.3 is 5.97 Å². The molecule has 0 aromatic heterocycles. The molecule has 4 rings (SSSR count). The number of carbonyl (C=O) groups is 3. The van der Waals surface area contributed by atoms with Gasteiger partial charge < -0.3 is 20.1 Å². The van der Waals surface area contributed by atoms with Gasteiger partial charge in [-0.3, -0.25) is 14.4 Å². The number of halogens is 2. The highest BCUT2D eigenvalue weighted by Crippen LogP contribution is 2.30. The third kappa shape index (κ3) is 6.84. The van der Waals surface area contributed by atoms with Crippen LogP contribution in [0, 0.1) is 17.6 Å². The number of ether oxygens (including phenoxy) is 1. The van der Waals surface area contributed by atoms with E-state index < -0.39 is 34.9 Å². The summed E-state index contributed by atoms with van der Waals surface area (Å²) in [5.41, 5.74) is 0.981. The lowest BCUT2D eigenvalue weighted by Crippen LogP contribution is -2.28. The van der Waals surface area contributed by atoms with Crippen molar-refractivity contribution in [2.24, 2.45) is 5.92 Å². The Bertz CT molecular complexity index is 1100. The number of Topliss-reactive ketones (excluding diaryl/α,β-unsaturated/α-hetero) is 1. The number of anilines is 1. The highest BCUT2D eigenvalue weighted by atomic mass is 19.1. The van der Waals surface area contributed by atoms with Gasteiger partial charge in [0.1, 0.15) is 17.4 Å². The molecule has 1 saturated carbocycles. The molecule has 1 heterocycles. The first-order valence-corrected chi connectivity index (χ1v) is 12.9. The highest BCUT2D eigenvalue weighted by Gasteiger charge is 2.28. The van der Waals surface area contributed by atoms with Gasteiger partial charge in [0, 0.05) is 49.4 Å². The van der Waals surface area contributed by atoms with Crippen LogP contribution in [-0.4, -0.2) is 48.5 Å². The summed E-state index contributed by atoms with van der Waals surface area (Å²) in [7, 11) is 0. The number of carboxylic acids is 1. The third-order valence-corrected chi connectivity index (χ3v) is 7.09. The van der Waals surface area contributed by atoms with Crippen molar-refractivity contribution >= 4 is 23.3 Å². The minimum atomic E-state index is -0.999. The van der Waals surface area contributed by atoms with Crippen molar-refractivity contribution < 1.29 is 33.0 Å². The average molecular weight is 515 g/mol. The van der Waals surface area contributed by atoms with E-state index in [0.717, 1.165) is 30.9 Å². The van der Waals surface area contributed by atoms with Crippen LogP contribution in [0.1, 0.15) is 72.1 Å². The summed E-state index contributed by atoms with van der Waals surface area (Å²) < 4.78 is 34.8. The van der Waals surface area contributed by atoms with Crippen LogP contribution in [0.4, 0.5) is 14.5 Å². The molecule has 2 N–H and O–H groups in total. The number of amides is 1. The van der Waals surface area contributed by atoms with Crippen molar-refractivity contribution in [1.29, 1.82) is 0 Å². The lowest BCUT2D eigenvalue weighted by Gasteiger charge is -2.26. The topological polar surface area (TPSA) is 95.9 Å². The zero-order valence-corrected chi connectivity index (χ0v) is 20.7. The van der Waals surface area contributed by atoms with Gasteiger partial charge in [0.05, 0.1) is 17.6 Å². The number of rotatable bonds is 10. The Morgan fingerprint density at radius 1 is 0.973 bits per heavy atom. The number of nitrogens with one attached hydrogen (secondary N) is 1. The van der Waals surface area contributed by atoms with Crippen LogP contribution >= 0.6 is 0 Å². The first-order valence-electron chi connectivity index (χ1n) is 12.9. The Balaban J connectivity index is 1.23. The fourth-order valence-corrected chi connectivity index (χ4v) is 4.98. The number of nitrogens with zero attached hydrogens (tertiary/aromatic N) is 1. The minimum Gasteiger partial charge on any atom is -0.490 e. The highest BCUT2D eigenvalue weighted by molar-refractivity contribution is 5.97.